The minimum atomic E-state index is 0. The zero-order valence-corrected chi connectivity index (χ0v) is 9.62. The molecule has 0 aromatic carbocycles. The van der Waals surface area contributed by atoms with Gasteiger partial charge in [-0.25, -0.2) is 0 Å². The van der Waals surface area contributed by atoms with Gasteiger partial charge in [-0.05, 0) is 0 Å². The standard InChI is InChI=1S/C7H16N6.ClH/c1-8-5-6(9-2)12-13(11-4)7(5)10-3;/h8,10-11H,1-4H3,(H,9,12);1H. The maximum atomic E-state index is 4.26. The third kappa shape index (κ3) is 1.95. The number of hydrogen-bond acceptors (Lipinski definition) is 5. The third-order valence-corrected chi connectivity index (χ3v) is 1.82. The van der Waals surface area contributed by atoms with Gasteiger partial charge in [-0.2, -0.15) is 4.79 Å². The number of anilines is 3. The Morgan fingerprint density at radius 2 is 1.64 bits per heavy atom. The Balaban J connectivity index is 0.00000169. The zero-order valence-electron chi connectivity index (χ0n) is 8.80. The topological polar surface area (TPSA) is 65.9 Å². The molecule has 0 saturated carbocycles. The second-order valence-electron chi connectivity index (χ2n) is 2.46. The van der Waals surface area contributed by atoms with E-state index in [-0.39, 0.29) is 12.4 Å². The Kier molecular flexibility index (Phi) is 4.93. The average molecular weight is 221 g/mol. The highest BCUT2D eigenvalue weighted by Gasteiger charge is 2.13. The normalized spacial score (nSPS) is 8.86. The van der Waals surface area contributed by atoms with Gasteiger partial charge in [0, 0.05) is 28.2 Å². The van der Waals surface area contributed by atoms with E-state index in [2.05, 4.69) is 26.5 Å². The minimum absolute atomic E-state index is 0. The Hall–Kier alpha value is -1.30. The molecule has 0 fully saturated rings. The molecule has 0 bridgehead atoms. The highest BCUT2D eigenvalue weighted by atomic mass is 35.5. The summed E-state index contributed by atoms with van der Waals surface area (Å²) in [7, 11) is 7.36. The first kappa shape index (κ1) is 12.7. The molecule has 14 heavy (non-hydrogen) atoms. The predicted octanol–water partition coefficient (Wildman–Crippen LogP) is 0.603. The molecule has 1 rings (SSSR count). The molecule has 7 heteroatoms. The van der Waals surface area contributed by atoms with Gasteiger partial charge in [-0.15, -0.1) is 17.5 Å². The van der Waals surface area contributed by atoms with E-state index in [0.29, 0.717) is 0 Å². The van der Waals surface area contributed by atoms with Gasteiger partial charge in [0.05, 0.1) is 0 Å². The van der Waals surface area contributed by atoms with Crippen LogP contribution in [0.25, 0.3) is 0 Å². The van der Waals surface area contributed by atoms with Crippen LogP contribution in [0.2, 0.25) is 0 Å². The van der Waals surface area contributed by atoms with E-state index in [9.17, 15) is 0 Å². The van der Waals surface area contributed by atoms with Gasteiger partial charge in [-0.3, -0.25) is 0 Å². The first-order chi connectivity index (χ1) is 6.28. The Bertz CT molecular complexity index is 257. The van der Waals surface area contributed by atoms with Crippen molar-refractivity contribution in [3.05, 3.63) is 0 Å². The van der Waals surface area contributed by atoms with Crippen molar-refractivity contribution in [1.29, 1.82) is 0 Å². The Labute approximate surface area is 89.8 Å². The van der Waals surface area contributed by atoms with Crippen LogP contribution in [0.3, 0.4) is 0 Å². The monoisotopic (exact) mass is 220 g/mol. The van der Waals surface area contributed by atoms with Gasteiger partial charge in [0.15, 0.2) is 11.6 Å². The summed E-state index contributed by atoms with van der Waals surface area (Å²) in [5.41, 5.74) is 3.88. The molecule has 0 spiro atoms. The van der Waals surface area contributed by atoms with Gasteiger partial charge >= 0.3 is 0 Å². The second kappa shape index (κ2) is 5.43. The second-order valence-corrected chi connectivity index (χ2v) is 2.46. The summed E-state index contributed by atoms with van der Waals surface area (Å²) in [5, 5.41) is 13.4. The summed E-state index contributed by atoms with van der Waals surface area (Å²) >= 11 is 0. The zero-order chi connectivity index (χ0) is 9.84. The number of aromatic nitrogens is 2. The van der Waals surface area contributed by atoms with Crippen LogP contribution in [0.4, 0.5) is 17.3 Å². The molecule has 1 aromatic rings. The smallest absolute Gasteiger partial charge is 0.175 e. The molecular formula is C7H17ClN6. The highest BCUT2D eigenvalue weighted by Crippen LogP contribution is 2.28. The van der Waals surface area contributed by atoms with E-state index in [1.165, 1.54) is 0 Å². The first-order valence-electron chi connectivity index (χ1n) is 4.12. The fourth-order valence-corrected chi connectivity index (χ4v) is 1.22. The van der Waals surface area contributed by atoms with Crippen LogP contribution >= 0.6 is 12.4 Å². The molecule has 0 aliphatic heterocycles. The molecule has 1 aromatic heterocycles. The molecule has 1 heterocycles. The van der Waals surface area contributed by atoms with Crippen molar-refractivity contribution in [2.75, 3.05) is 49.6 Å². The maximum absolute atomic E-state index is 4.26. The molecule has 0 saturated heterocycles. The molecular weight excluding hydrogens is 204 g/mol. The number of rotatable bonds is 4. The molecule has 0 aliphatic rings. The quantitative estimate of drug-likeness (QED) is 0.599. The summed E-state index contributed by atoms with van der Waals surface area (Å²) in [4.78, 5) is 1.66. The van der Waals surface area contributed by atoms with Crippen LogP contribution in [0.5, 0.6) is 0 Å². The molecule has 82 valence electrons. The van der Waals surface area contributed by atoms with E-state index < -0.39 is 0 Å². The summed E-state index contributed by atoms with van der Waals surface area (Å²) in [6, 6.07) is 0. The van der Waals surface area contributed by atoms with Crippen LogP contribution in [-0.2, 0) is 0 Å². The lowest BCUT2D eigenvalue weighted by Crippen LogP contribution is -2.13. The van der Waals surface area contributed by atoms with Crippen LogP contribution in [-0.4, -0.2) is 38.1 Å². The van der Waals surface area contributed by atoms with Crippen molar-refractivity contribution in [3.8, 4) is 0 Å². The van der Waals surface area contributed by atoms with Gasteiger partial charge in [0.2, 0.25) is 0 Å². The fourth-order valence-electron chi connectivity index (χ4n) is 1.22. The largest absolute Gasteiger partial charge is 0.382 e. The molecule has 0 aliphatic carbocycles. The van der Waals surface area contributed by atoms with Crippen LogP contribution < -0.4 is 21.4 Å². The van der Waals surface area contributed by atoms with E-state index in [0.717, 1.165) is 17.3 Å². The van der Waals surface area contributed by atoms with E-state index in [1.807, 2.05) is 28.2 Å². The Morgan fingerprint density at radius 3 is 2.00 bits per heavy atom. The lowest BCUT2D eigenvalue weighted by atomic mass is 10.4. The van der Waals surface area contributed by atoms with E-state index in [4.69, 9.17) is 0 Å². The van der Waals surface area contributed by atoms with Gasteiger partial charge in [0.1, 0.15) is 5.69 Å². The molecule has 0 atom stereocenters. The van der Waals surface area contributed by atoms with Crippen LogP contribution in [0.15, 0.2) is 0 Å². The van der Waals surface area contributed by atoms with Crippen molar-refractivity contribution in [3.63, 3.8) is 0 Å². The first-order valence-corrected chi connectivity index (χ1v) is 4.12. The molecule has 0 amide bonds. The summed E-state index contributed by atoms with van der Waals surface area (Å²) in [5.74, 6) is 1.70. The van der Waals surface area contributed by atoms with Crippen molar-refractivity contribution in [2.24, 2.45) is 0 Å². The predicted molar refractivity (Wildman–Crippen MR) is 63.4 cm³/mol. The summed E-state index contributed by atoms with van der Waals surface area (Å²) in [6.07, 6.45) is 0. The third-order valence-electron chi connectivity index (χ3n) is 1.82. The lowest BCUT2D eigenvalue weighted by molar-refractivity contribution is 0.791. The molecule has 6 nitrogen and oxygen atoms in total. The van der Waals surface area contributed by atoms with Crippen molar-refractivity contribution >= 4 is 29.7 Å². The highest BCUT2D eigenvalue weighted by molar-refractivity contribution is 5.85. The van der Waals surface area contributed by atoms with Crippen molar-refractivity contribution in [2.45, 2.75) is 0 Å². The van der Waals surface area contributed by atoms with Crippen LogP contribution in [0, 0.1) is 0 Å². The average Bonchev–Trinajstić information content (AvgIpc) is 2.54. The van der Waals surface area contributed by atoms with E-state index in [1.54, 1.807) is 4.79 Å². The fraction of sp³-hybridized carbons (Fsp3) is 0.571. The van der Waals surface area contributed by atoms with Crippen LogP contribution in [0.1, 0.15) is 0 Å². The maximum Gasteiger partial charge on any atom is 0.175 e. The number of nitrogens with zero attached hydrogens (tertiary/aromatic N) is 2. The van der Waals surface area contributed by atoms with Gasteiger partial charge in [-0.1, -0.05) is 0 Å². The number of hydrogen-bond donors (Lipinski definition) is 4. The van der Waals surface area contributed by atoms with E-state index >= 15 is 0 Å². The minimum Gasteiger partial charge on any atom is -0.382 e. The summed E-state index contributed by atoms with van der Waals surface area (Å²) < 4.78 is 0. The number of halogens is 1. The molecule has 0 radical (unpaired) electrons. The number of nitrogens with one attached hydrogen (secondary N) is 4. The summed E-state index contributed by atoms with van der Waals surface area (Å²) in [6.45, 7) is 0. The SMILES string of the molecule is CNc1nn(NC)c(NC)c1NC.Cl. The van der Waals surface area contributed by atoms with Crippen molar-refractivity contribution in [1.82, 2.24) is 9.89 Å². The molecule has 0 unspecified atom stereocenters. The Morgan fingerprint density at radius 1 is 1.00 bits per heavy atom. The van der Waals surface area contributed by atoms with Gasteiger partial charge < -0.3 is 21.4 Å². The molecule has 4 N–H and O–H groups in total. The lowest BCUT2D eigenvalue weighted by Gasteiger charge is -2.06. The van der Waals surface area contributed by atoms with Gasteiger partial charge in [0.25, 0.3) is 0 Å². The van der Waals surface area contributed by atoms with Crippen molar-refractivity contribution < 1.29 is 0 Å².